The van der Waals surface area contributed by atoms with Crippen molar-refractivity contribution in [2.75, 3.05) is 0 Å². The van der Waals surface area contributed by atoms with Crippen LogP contribution in [0.1, 0.15) is 188 Å². The van der Waals surface area contributed by atoms with Crippen molar-refractivity contribution >= 4 is 5.97 Å². The summed E-state index contributed by atoms with van der Waals surface area (Å²) in [6, 6.07) is 0. The Kier molecular flexibility index (Phi) is 26.6. The zero-order valence-corrected chi connectivity index (χ0v) is 23.9. The van der Waals surface area contributed by atoms with Crippen LogP contribution in [0.4, 0.5) is 0 Å². The Morgan fingerprint density at radius 1 is 0.500 bits per heavy atom. The van der Waals surface area contributed by atoms with Gasteiger partial charge in [0.25, 0.3) is 0 Å². The van der Waals surface area contributed by atoms with Gasteiger partial charge >= 0.3 is 5.97 Å². The van der Waals surface area contributed by atoms with Gasteiger partial charge in [0.15, 0.2) is 0 Å². The molecule has 0 aliphatic carbocycles. The molecule has 2 nitrogen and oxygen atoms in total. The quantitative estimate of drug-likeness (QED) is 0.113. The zero-order valence-electron chi connectivity index (χ0n) is 23.9. The van der Waals surface area contributed by atoms with Crippen LogP contribution in [-0.4, -0.2) is 11.1 Å². The summed E-state index contributed by atoms with van der Waals surface area (Å²) in [5, 5.41) is 9.18. The van der Waals surface area contributed by atoms with E-state index >= 15 is 0 Å². The predicted octanol–water partition coefficient (Wildman–Crippen LogP) is 11.5. The second-order valence-electron chi connectivity index (χ2n) is 11.4. The summed E-state index contributed by atoms with van der Waals surface area (Å²) in [6.07, 6.45) is 34.3. The Bertz CT molecular complexity index is 406. The molecule has 0 saturated carbocycles. The standard InChI is InChI=1S/C32H64O2/c1-4-6-8-10-11-12-13-14-15-16-18-21-25-30(3)26-22-19-17-20-24-28-31(29-32(33)34)27-23-9-7-5-2/h30-31H,4-29H2,1-3H3,(H,33,34). The van der Waals surface area contributed by atoms with Crippen LogP contribution in [0.15, 0.2) is 0 Å². The van der Waals surface area contributed by atoms with E-state index in [-0.39, 0.29) is 0 Å². The highest BCUT2D eigenvalue weighted by Gasteiger charge is 2.12. The van der Waals surface area contributed by atoms with Crippen molar-refractivity contribution in [2.45, 2.75) is 188 Å². The van der Waals surface area contributed by atoms with Gasteiger partial charge in [-0.05, 0) is 24.7 Å². The topological polar surface area (TPSA) is 37.3 Å². The molecule has 0 radical (unpaired) electrons. The number of carbonyl (C=O) groups is 1. The van der Waals surface area contributed by atoms with Gasteiger partial charge in [-0.15, -0.1) is 0 Å². The summed E-state index contributed by atoms with van der Waals surface area (Å²) in [5.74, 6) is 0.693. The number of carboxylic acid groups (broad SMARTS) is 1. The number of carboxylic acids is 1. The van der Waals surface area contributed by atoms with Gasteiger partial charge in [0, 0.05) is 6.42 Å². The fourth-order valence-electron chi connectivity index (χ4n) is 5.39. The smallest absolute Gasteiger partial charge is 0.303 e. The van der Waals surface area contributed by atoms with Crippen LogP contribution in [0.2, 0.25) is 0 Å². The van der Waals surface area contributed by atoms with Crippen molar-refractivity contribution in [1.82, 2.24) is 0 Å². The third-order valence-corrected chi connectivity index (χ3v) is 7.79. The molecule has 2 unspecified atom stereocenters. The fourth-order valence-corrected chi connectivity index (χ4v) is 5.39. The van der Waals surface area contributed by atoms with Gasteiger partial charge in [0.2, 0.25) is 0 Å². The van der Waals surface area contributed by atoms with E-state index in [1.807, 2.05) is 0 Å². The van der Waals surface area contributed by atoms with Crippen LogP contribution in [0.5, 0.6) is 0 Å². The average Bonchev–Trinajstić information content (AvgIpc) is 2.81. The normalized spacial score (nSPS) is 13.3. The van der Waals surface area contributed by atoms with E-state index in [9.17, 15) is 9.90 Å². The number of rotatable bonds is 28. The third-order valence-electron chi connectivity index (χ3n) is 7.79. The molecule has 0 aromatic rings. The first-order chi connectivity index (χ1) is 16.6. The minimum absolute atomic E-state index is 0.378. The Labute approximate surface area is 215 Å². The van der Waals surface area contributed by atoms with Crippen molar-refractivity contribution < 1.29 is 9.90 Å². The van der Waals surface area contributed by atoms with Crippen molar-refractivity contribution in [3.05, 3.63) is 0 Å². The molecule has 0 aromatic heterocycles. The monoisotopic (exact) mass is 480 g/mol. The Balaban J connectivity index is 3.46. The van der Waals surface area contributed by atoms with E-state index < -0.39 is 5.97 Å². The molecule has 2 heteroatoms. The van der Waals surface area contributed by atoms with Crippen molar-refractivity contribution in [3.63, 3.8) is 0 Å². The van der Waals surface area contributed by atoms with Crippen molar-refractivity contribution in [2.24, 2.45) is 11.8 Å². The maximum absolute atomic E-state index is 11.1. The zero-order chi connectivity index (χ0) is 25.1. The molecule has 0 fully saturated rings. The average molecular weight is 481 g/mol. The maximum atomic E-state index is 11.1. The van der Waals surface area contributed by atoms with E-state index in [4.69, 9.17) is 0 Å². The van der Waals surface area contributed by atoms with Crippen molar-refractivity contribution in [3.8, 4) is 0 Å². The number of hydrogen-bond donors (Lipinski definition) is 1. The molecule has 204 valence electrons. The van der Waals surface area contributed by atoms with Crippen LogP contribution in [-0.2, 0) is 4.79 Å². The molecule has 0 saturated heterocycles. The van der Waals surface area contributed by atoms with Gasteiger partial charge < -0.3 is 5.11 Å². The van der Waals surface area contributed by atoms with Crippen molar-refractivity contribution in [1.29, 1.82) is 0 Å². The molecule has 1 N–H and O–H groups in total. The lowest BCUT2D eigenvalue weighted by Crippen LogP contribution is -2.08. The molecule has 0 rings (SSSR count). The van der Waals surface area contributed by atoms with E-state index in [0.717, 1.165) is 18.8 Å². The Hall–Kier alpha value is -0.530. The third kappa shape index (κ3) is 26.1. The Morgan fingerprint density at radius 2 is 0.794 bits per heavy atom. The molecule has 2 atom stereocenters. The summed E-state index contributed by atoms with van der Waals surface area (Å²) >= 11 is 0. The molecular formula is C32H64O2. The lowest BCUT2D eigenvalue weighted by Gasteiger charge is -2.15. The van der Waals surface area contributed by atoms with E-state index in [1.165, 1.54) is 148 Å². The van der Waals surface area contributed by atoms with Gasteiger partial charge in [0.05, 0.1) is 0 Å². The van der Waals surface area contributed by atoms with Crippen LogP contribution < -0.4 is 0 Å². The van der Waals surface area contributed by atoms with Crippen LogP contribution in [0.3, 0.4) is 0 Å². The minimum Gasteiger partial charge on any atom is -0.481 e. The minimum atomic E-state index is -0.609. The van der Waals surface area contributed by atoms with Gasteiger partial charge in [-0.1, -0.05) is 168 Å². The number of unbranched alkanes of at least 4 members (excludes halogenated alkanes) is 18. The number of aliphatic carboxylic acids is 1. The van der Waals surface area contributed by atoms with E-state index in [2.05, 4.69) is 20.8 Å². The lowest BCUT2D eigenvalue weighted by atomic mass is 9.91. The van der Waals surface area contributed by atoms with Gasteiger partial charge in [-0.25, -0.2) is 0 Å². The summed E-state index contributed by atoms with van der Waals surface area (Å²) in [5.41, 5.74) is 0. The highest BCUT2D eigenvalue weighted by Crippen LogP contribution is 2.23. The SMILES string of the molecule is CCCCCCCCCCCCCCC(C)CCCCCCCC(CCCCCC)CC(=O)O. The van der Waals surface area contributed by atoms with E-state index in [0.29, 0.717) is 12.3 Å². The molecule has 34 heavy (non-hydrogen) atoms. The molecular weight excluding hydrogens is 416 g/mol. The molecule has 0 bridgehead atoms. The summed E-state index contributed by atoms with van der Waals surface area (Å²) < 4.78 is 0. The summed E-state index contributed by atoms with van der Waals surface area (Å²) in [4.78, 5) is 11.1. The molecule has 0 aliphatic heterocycles. The largest absolute Gasteiger partial charge is 0.481 e. The first kappa shape index (κ1) is 33.5. The van der Waals surface area contributed by atoms with Gasteiger partial charge in [0.1, 0.15) is 0 Å². The highest BCUT2D eigenvalue weighted by molar-refractivity contribution is 5.66. The molecule has 0 aromatic carbocycles. The maximum Gasteiger partial charge on any atom is 0.303 e. The second kappa shape index (κ2) is 27.1. The molecule has 0 amide bonds. The predicted molar refractivity (Wildman–Crippen MR) is 152 cm³/mol. The van der Waals surface area contributed by atoms with Gasteiger partial charge in [-0.2, -0.15) is 0 Å². The summed E-state index contributed by atoms with van der Waals surface area (Å²) in [6.45, 7) is 6.98. The summed E-state index contributed by atoms with van der Waals surface area (Å²) in [7, 11) is 0. The lowest BCUT2D eigenvalue weighted by molar-refractivity contribution is -0.138. The molecule has 0 spiro atoms. The second-order valence-corrected chi connectivity index (χ2v) is 11.4. The fraction of sp³-hybridized carbons (Fsp3) is 0.969. The molecule has 0 heterocycles. The first-order valence-electron chi connectivity index (χ1n) is 15.8. The van der Waals surface area contributed by atoms with Crippen LogP contribution in [0, 0.1) is 11.8 Å². The highest BCUT2D eigenvalue weighted by atomic mass is 16.4. The van der Waals surface area contributed by atoms with Gasteiger partial charge in [-0.3, -0.25) is 4.79 Å². The first-order valence-corrected chi connectivity index (χ1v) is 15.8. The van der Waals surface area contributed by atoms with E-state index in [1.54, 1.807) is 0 Å². The Morgan fingerprint density at radius 3 is 1.15 bits per heavy atom. The van der Waals surface area contributed by atoms with Crippen LogP contribution >= 0.6 is 0 Å². The molecule has 0 aliphatic rings. The number of hydrogen-bond acceptors (Lipinski definition) is 1. The van der Waals surface area contributed by atoms with Crippen LogP contribution in [0.25, 0.3) is 0 Å².